The van der Waals surface area contributed by atoms with Crippen LogP contribution in [-0.4, -0.2) is 92.3 Å². The van der Waals surface area contributed by atoms with Crippen molar-refractivity contribution in [1.82, 2.24) is 34.3 Å². The van der Waals surface area contributed by atoms with E-state index in [-0.39, 0.29) is 36.1 Å². The van der Waals surface area contributed by atoms with E-state index in [1.807, 2.05) is 12.1 Å². The van der Waals surface area contributed by atoms with Crippen molar-refractivity contribution in [2.24, 2.45) is 7.05 Å². The van der Waals surface area contributed by atoms with Gasteiger partial charge in [0.1, 0.15) is 23.0 Å². The Balaban J connectivity index is 1.31. The second-order valence-corrected chi connectivity index (χ2v) is 12.7. The SMILES string of the molecule is Cn1ncnc1-c1ccc2c(c1)OCCC1(CCN(Cc3ccncc3)CC1)NC(=O)[C@@H]1C[C@@H](O)CN1S2(=O)=O. The Morgan fingerprint density at radius 2 is 1.93 bits per heavy atom. The molecule has 12 nitrogen and oxygen atoms in total. The number of sulfonamides is 1. The Hall–Kier alpha value is -3.39. The monoisotopic (exact) mass is 567 g/mol. The van der Waals surface area contributed by atoms with E-state index in [0.717, 1.165) is 23.9 Å². The van der Waals surface area contributed by atoms with E-state index >= 15 is 0 Å². The van der Waals surface area contributed by atoms with E-state index in [1.54, 1.807) is 36.3 Å². The van der Waals surface area contributed by atoms with Crippen LogP contribution in [0.25, 0.3) is 11.4 Å². The predicted molar refractivity (Wildman–Crippen MR) is 144 cm³/mol. The van der Waals surface area contributed by atoms with Gasteiger partial charge in [-0.2, -0.15) is 9.40 Å². The predicted octanol–water partition coefficient (Wildman–Crippen LogP) is 0.935. The number of aliphatic hydroxyl groups is 1. The third kappa shape index (κ3) is 5.09. The van der Waals surface area contributed by atoms with Gasteiger partial charge >= 0.3 is 0 Å². The third-order valence-corrected chi connectivity index (χ3v) is 10.1. The number of benzene rings is 1. The molecule has 0 unspecified atom stereocenters. The molecule has 0 bridgehead atoms. The number of carbonyl (C=O) groups excluding carboxylic acids is 1. The molecule has 3 aromatic rings. The van der Waals surface area contributed by atoms with Gasteiger partial charge in [-0.1, -0.05) is 0 Å². The second kappa shape index (κ2) is 10.5. The minimum Gasteiger partial charge on any atom is -0.492 e. The fourth-order valence-corrected chi connectivity index (χ4v) is 7.72. The molecule has 2 fully saturated rings. The van der Waals surface area contributed by atoms with Crippen LogP contribution in [0.4, 0.5) is 0 Å². The third-order valence-electron chi connectivity index (χ3n) is 8.23. The molecule has 1 amide bonds. The number of fused-ring (bicyclic) bond motifs is 2. The number of aryl methyl sites for hydroxylation is 1. The Bertz CT molecular complexity index is 1490. The molecule has 13 heteroatoms. The standard InChI is InChI=1S/C27H33N7O5S/c1-32-25(29-18-30-32)20-2-3-24-23(14-20)39-13-8-27(6-11-33(12-7-27)16-19-4-9-28-10-5-19)31-26(36)22-15-21(35)17-34(22)40(24,37)38/h2-5,9-10,14,18,21-22,35H,6-8,11-13,15-17H2,1H3,(H,31,36)/t21-,22+/m1/s1. The maximum absolute atomic E-state index is 13.9. The molecule has 0 radical (unpaired) electrons. The lowest BCUT2D eigenvalue weighted by atomic mass is 9.84. The summed E-state index contributed by atoms with van der Waals surface area (Å²) in [6.07, 6.45) is 6.02. The molecule has 2 aromatic heterocycles. The summed E-state index contributed by atoms with van der Waals surface area (Å²) in [7, 11) is -2.39. The van der Waals surface area contributed by atoms with E-state index in [4.69, 9.17) is 4.74 Å². The number of likely N-dealkylation sites (tertiary alicyclic amines) is 1. The highest BCUT2D eigenvalue weighted by molar-refractivity contribution is 7.89. The molecule has 1 aromatic carbocycles. The first-order valence-corrected chi connectivity index (χ1v) is 14.9. The zero-order valence-corrected chi connectivity index (χ0v) is 23.1. The van der Waals surface area contributed by atoms with Crippen molar-refractivity contribution < 1.29 is 23.1 Å². The summed E-state index contributed by atoms with van der Waals surface area (Å²) >= 11 is 0. The van der Waals surface area contributed by atoms with Crippen molar-refractivity contribution in [3.05, 3.63) is 54.6 Å². The molecule has 5 heterocycles. The van der Waals surface area contributed by atoms with Crippen LogP contribution >= 0.6 is 0 Å². The number of ether oxygens (including phenoxy) is 1. The van der Waals surface area contributed by atoms with Gasteiger partial charge in [0.15, 0.2) is 5.82 Å². The van der Waals surface area contributed by atoms with Crippen LogP contribution in [-0.2, 0) is 28.4 Å². The highest BCUT2D eigenvalue weighted by atomic mass is 32.2. The van der Waals surface area contributed by atoms with Crippen LogP contribution in [0.2, 0.25) is 0 Å². The Morgan fingerprint density at radius 3 is 2.65 bits per heavy atom. The number of nitrogens with zero attached hydrogens (tertiary/aromatic N) is 6. The molecule has 2 N–H and O–H groups in total. The van der Waals surface area contributed by atoms with Gasteiger partial charge in [-0.3, -0.25) is 14.7 Å². The number of nitrogens with one attached hydrogen (secondary N) is 1. The highest BCUT2D eigenvalue weighted by Crippen LogP contribution is 2.37. The number of hydrogen-bond donors (Lipinski definition) is 2. The summed E-state index contributed by atoms with van der Waals surface area (Å²) < 4.78 is 36.7. The van der Waals surface area contributed by atoms with Crippen LogP contribution in [0.15, 0.2) is 53.9 Å². The summed E-state index contributed by atoms with van der Waals surface area (Å²) in [5.41, 5.74) is 1.28. The van der Waals surface area contributed by atoms with Crippen molar-refractivity contribution in [2.45, 2.75) is 54.8 Å². The molecule has 212 valence electrons. The van der Waals surface area contributed by atoms with Crippen molar-refractivity contribution in [1.29, 1.82) is 0 Å². The quantitative estimate of drug-likeness (QED) is 0.473. The normalized spacial score (nSPS) is 24.9. The van der Waals surface area contributed by atoms with E-state index < -0.39 is 27.7 Å². The summed E-state index contributed by atoms with van der Waals surface area (Å²) in [5, 5.41) is 17.8. The van der Waals surface area contributed by atoms with Gasteiger partial charge in [0, 0.05) is 69.6 Å². The van der Waals surface area contributed by atoms with Crippen molar-refractivity contribution in [3.8, 4) is 17.1 Å². The largest absolute Gasteiger partial charge is 0.492 e. The number of aliphatic hydroxyl groups excluding tert-OH is 1. The maximum Gasteiger partial charge on any atom is 0.247 e. The first-order chi connectivity index (χ1) is 19.2. The number of hydrogen-bond acceptors (Lipinski definition) is 9. The molecule has 2 atom stereocenters. The molecule has 2 saturated heterocycles. The first-order valence-electron chi connectivity index (χ1n) is 13.5. The molecule has 0 saturated carbocycles. The summed E-state index contributed by atoms with van der Waals surface area (Å²) in [4.78, 5) is 24.3. The molecule has 3 aliphatic rings. The Labute approximate surface area is 233 Å². The van der Waals surface area contributed by atoms with Crippen molar-refractivity contribution in [2.75, 3.05) is 26.2 Å². The van der Waals surface area contributed by atoms with Crippen LogP contribution in [0.5, 0.6) is 5.75 Å². The summed E-state index contributed by atoms with van der Waals surface area (Å²) in [6, 6.07) is 7.80. The molecule has 0 aliphatic carbocycles. The smallest absolute Gasteiger partial charge is 0.247 e. The highest BCUT2D eigenvalue weighted by Gasteiger charge is 2.47. The molecule has 6 rings (SSSR count). The number of aromatic nitrogens is 4. The average molecular weight is 568 g/mol. The fourth-order valence-electron chi connectivity index (χ4n) is 5.97. The first kappa shape index (κ1) is 26.8. The van der Waals surface area contributed by atoms with Crippen molar-refractivity contribution >= 4 is 15.9 Å². The number of carbonyl (C=O) groups is 1. The van der Waals surface area contributed by atoms with E-state index in [2.05, 4.69) is 25.3 Å². The minimum absolute atomic E-state index is 0.0339. The second-order valence-electron chi connectivity index (χ2n) is 10.8. The van der Waals surface area contributed by atoms with Gasteiger partial charge in [-0.05, 0) is 48.7 Å². The van der Waals surface area contributed by atoms with E-state index in [1.165, 1.54) is 18.0 Å². The van der Waals surface area contributed by atoms with Gasteiger partial charge in [-0.25, -0.2) is 18.1 Å². The zero-order chi connectivity index (χ0) is 27.9. The summed E-state index contributed by atoms with van der Waals surface area (Å²) in [6.45, 7) is 2.40. The summed E-state index contributed by atoms with van der Waals surface area (Å²) in [5.74, 6) is 0.393. The topological polar surface area (TPSA) is 143 Å². The van der Waals surface area contributed by atoms with Crippen LogP contribution < -0.4 is 10.1 Å². The number of amides is 1. The molecule has 1 spiro atoms. The lowest BCUT2D eigenvalue weighted by Gasteiger charge is -2.43. The fraction of sp³-hybridized carbons (Fsp3) is 0.481. The van der Waals surface area contributed by atoms with Crippen LogP contribution in [0.3, 0.4) is 0 Å². The molecular formula is C27H33N7O5S. The maximum atomic E-state index is 13.9. The van der Waals surface area contributed by atoms with Crippen LogP contribution in [0, 0.1) is 0 Å². The molecular weight excluding hydrogens is 534 g/mol. The van der Waals surface area contributed by atoms with Crippen molar-refractivity contribution in [3.63, 3.8) is 0 Å². The number of rotatable bonds is 3. The Kier molecular flexibility index (Phi) is 7.07. The average Bonchev–Trinajstić information content (AvgIpc) is 3.56. The zero-order valence-electron chi connectivity index (χ0n) is 22.3. The number of piperidine rings is 1. The van der Waals surface area contributed by atoms with Gasteiger partial charge in [-0.15, -0.1) is 0 Å². The van der Waals surface area contributed by atoms with Gasteiger partial charge in [0.05, 0.1) is 12.7 Å². The van der Waals surface area contributed by atoms with Gasteiger partial charge < -0.3 is 15.2 Å². The Morgan fingerprint density at radius 1 is 1.15 bits per heavy atom. The van der Waals surface area contributed by atoms with E-state index in [0.29, 0.717) is 30.7 Å². The molecule has 40 heavy (non-hydrogen) atoms. The van der Waals surface area contributed by atoms with Gasteiger partial charge in [0.25, 0.3) is 0 Å². The van der Waals surface area contributed by atoms with E-state index in [9.17, 15) is 18.3 Å². The molecule has 3 aliphatic heterocycles. The minimum atomic E-state index is -4.15. The van der Waals surface area contributed by atoms with Gasteiger partial charge in [0.2, 0.25) is 15.9 Å². The van der Waals surface area contributed by atoms with Crippen LogP contribution in [0.1, 0.15) is 31.2 Å². The lowest BCUT2D eigenvalue weighted by molar-refractivity contribution is -0.127. The lowest BCUT2D eigenvalue weighted by Crippen LogP contribution is -2.59. The number of pyridine rings is 1.